The molecule has 1 aromatic heterocycles. The fourth-order valence-electron chi connectivity index (χ4n) is 1.09. The average Bonchev–Trinajstić information content (AvgIpc) is 2.50. The van der Waals surface area contributed by atoms with Crippen molar-refractivity contribution in [3.8, 4) is 0 Å². The Morgan fingerprint density at radius 2 is 2.31 bits per heavy atom. The Labute approximate surface area is 79.6 Å². The van der Waals surface area contributed by atoms with Crippen LogP contribution in [0.25, 0.3) is 6.08 Å². The van der Waals surface area contributed by atoms with E-state index < -0.39 is 0 Å². The Kier molecular flexibility index (Phi) is 3.32. The van der Waals surface area contributed by atoms with Gasteiger partial charge in [0.05, 0.1) is 6.26 Å². The third-order valence-corrected chi connectivity index (χ3v) is 2.38. The van der Waals surface area contributed by atoms with Crippen molar-refractivity contribution in [2.45, 2.75) is 26.8 Å². The average molecular weight is 179 g/mol. The molecule has 0 aliphatic rings. The van der Waals surface area contributed by atoms with Gasteiger partial charge in [0.2, 0.25) is 0 Å². The lowest BCUT2D eigenvalue weighted by molar-refractivity contribution is 0.553. The molecule has 0 radical (unpaired) electrons. The van der Waals surface area contributed by atoms with Crippen LogP contribution in [-0.4, -0.2) is 13.1 Å². The SMILES string of the molecule is CNC(C)/C(C)=C/c1occc1C. The molecule has 0 saturated heterocycles. The molecule has 72 valence electrons. The Morgan fingerprint density at radius 3 is 2.77 bits per heavy atom. The first-order chi connectivity index (χ1) is 6.15. The van der Waals surface area contributed by atoms with Gasteiger partial charge in [-0.25, -0.2) is 0 Å². The molecule has 0 spiro atoms. The van der Waals surface area contributed by atoms with Crippen LogP contribution in [0.3, 0.4) is 0 Å². The molecule has 0 aliphatic heterocycles. The standard InChI is InChI=1S/C11H17NO/c1-8-5-6-13-11(8)7-9(2)10(3)12-4/h5-7,10,12H,1-4H3/b9-7+. The van der Waals surface area contributed by atoms with Crippen molar-refractivity contribution in [3.63, 3.8) is 0 Å². The molecule has 1 aromatic rings. The Hall–Kier alpha value is -1.02. The van der Waals surface area contributed by atoms with Crippen LogP contribution in [-0.2, 0) is 0 Å². The molecule has 1 rings (SSSR count). The highest BCUT2D eigenvalue weighted by molar-refractivity contribution is 5.51. The summed E-state index contributed by atoms with van der Waals surface area (Å²) in [6.07, 6.45) is 3.80. The van der Waals surface area contributed by atoms with Crippen LogP contribution < -0.4 is 5.32 Å². The first-order valence-electron chi connectivity index (χ1n) is 4.54. The van der Waals surface area contributed by atoms with Gasteiger partial charge in [-0.05, 0) is 45.5 Å². The zero-order valence-electron chi connectivity index (χ0n) is 8.72. The smallest absolute Gasteiger partial charge is 0.129 e. The molecule has 0 amide bonds. The highest BCUT2D eigenvalue weighted by atomic mass is 16.3. The normalized spacial score (nSPS) is 14.6. The molecule has 0 fully saturated rings. The van der Waals surface area contributed by atoms with Crippen molar-refractivity contribution in [2.75, 3.05) is 7.05 Å². The van der Waals surface area contributed by atoms with Crippen LogP contribution in [0.1, 0.15) is 25.2 Å². The number of aryl methyl sites for hydroxylation is 1. The molecule has 2 heteroatoms. The quantitative estimate of drug-likeness (QED) is 0.771. The predicted octanol–water partition coefficient (Wildman–Crippen LogP) is 2.60. The van der Waals surface area contributed by atoms with Gasteiger partial charge in [-0.2, -0.15) is 0 Å². The monoisotopic (exact) mass is 179 g/mol. The van der Waals surface area contributed by atoms with Crippen molar-refractivity contribution in [1.82, 2.24) is 5.32 Å². The second-order valence-corrected chi connectivity index (χ2v) is 3.37. The summed E-state index contributed by atoms with van der Waals surface area (Å²) in [4.78, 5) is 0. The number of hydrogen-bond donors (Lipinski definition) is 1. The van der Waals surface area contributed by atoms with E-state index in [1.807, 2.05) is 20.0 Å². The summed E-state index contributed by atoms with van der Waals surface area (Å²) >= 11 is 0. The number of nitrogens with one attached hydrogen (secondary N) is 1. The molecule has 0 aliphatic carbocycles. The van der Waals surface area contributed by atoms with Gasteiger partial charge in [-0.1, -0.05) is 5.57 Å². The highest BCUT2D eigenvalue weighted by Crippen LogP contribution is 2.14. The topological polar surface area (TPSA) is 25.2 Å². The van der Waals surface area contributed by atoms with Gasteiger partial charge in [0.25, 0.3) is 0 Å². The van der Waals surface area contributed by atoms with Crippen LogP contribution in [0.5, 0.6) is 0 Å². The van der Waals surface area contributed by atoms with Gasteiger partial charge in [0, 0.05) is 6.04 Å². The largest absolute Gasteiger partial charge is 0.465 e. The summed E-state index contributed by atoms with van der Waals surface area (Å²) in [6.45, 7) is 6.28. The van der Waals surface area contributed by atoms with E-state index in [0.717, 1.165) is 5.76 Å². The third-order valence-electron chi connectivity index (χ3n) is 2.38. The van der Waals surface area contributed by atoms with Gasteiger partial charge >= 0.3 is 0 Å². The van der Waals surface area contributed by atoms with Crippen molar-refractivity contribution in [2.24, 2.45) is 0 Å². The van der Waals surface area contributed by atoms with Gasteiger partial charge in [0.1, 0.15) is 5.76 Å². The highest BCUT2D eigenvalue weighted by Gasteiger charge is 2.03. The number of furan rings is 1. The summed E-state index contributed by atoms with van der Waals surface area (Å²) in [6, 6.07) is 2.37. The third kappa shape index (κ3) is 2.46. The van der Waals surface area contributed by atoms with E-state index in [2.05, 4.69) is 25.2 Å². The fraction of sp³-hybridized carbons (Fsp3) is 0.455. The second-order valence-electron chi connectivity index (χ2n) is 3.37. The van der Waals surface area contributed by atoms with Crippen LogP contribution in [0.4, 0.5) is 0 Å². The molecule has 1 atom stereocenters. The van der Waals surface area contributed by atoms with Gasteiger partial charge in [0.15, 0.2) is 0 Å². The summed E-state index contributed by atoms with van der Waals surface area (Å²) < 4.78 is 5.33. The maximum absolute atomic E-state index is 5.33. The fourth-order valence-corrected chi connectivity index (χ4v) is 1.09. The first kappa shape index (κ1) is 10.1. The molecule has 1 heterocycles. The number of likely N-dealkylation sites (N-methyl/N-ethyl adjacent to an activating group) is 1. The number of rotatable bonds is 3. The van der Waals surface area contributed by atoms with E-state index in [9.17, 15) is 0 Å². The minimum atomic E-state index is 0.393. The predicted molar refractivity (Wildman–Crippen MR) is 55.6 cm³/mol. The van der Waals surface area contributed by atoms with Crippen molar-refractivity contribution < 1.29 is 4.42 Å². The number of hydrogen-bond acceptors (Lipinski definition) is 2. The van der Waals surface area contributed by atoms with E-state index in [-0.39, 0.29) is 0 Å². The van der Waals surface area contributed by atoms with Crippen molar-refractivity contribution in [1.29, 1.82) is 0 Å². The molecular formula is C11H17NO. The van der Waals surface area contributed by atoms with Crippen LogP contribution in [0.15, 0.2) is 22.3 Å². The Morgan fingerprint density at radius 1 is 1.62 bits per heavy atom. The van der Waals surface area contributed by atoms with E-state index in [4.69, 9.17) is 4.42 Å². The van der Waals surface area contributed by atoms with Crippen LogP contribution >= 0.6 is 0 Å². The van der Waals surface area contributed by atoms with Gasteiger partial charge < -0.3 is 9.73 Å². The van der Waals surface area contributed by atoms with Gasteiger partial charge in [-0.15, -0.1) is 0 Å². The van der Waals surface area contributed by atoms with Crippen molar-refractivity contribution in [3.05, 3.63) is 29.2 Å². The van der Waals surface area contributed by atoms with Crippen LogP contribution in [0, 0.1) is 6.92 Å². The first-order valence-corrected chi connectivity index (χ1v) is 4.54. The van der Waals surface area contributed by atoms with Crippen LogP contribution in [0.2, 0.25) is 0 Å². The minimum Gasteiger partial charge on any atom is -0.465 e. The van der Waals surface area contributed by atoms with E-state index >= 15 is 0 Å². The Bertz CT molecular complexity index is 299. The molecular weight excluding hydrogens is 162 g/mol. The lowest BCUT2D eigenvalue weighted by Gasteiger charge is -2.09. The summed E-state index contributed by atoms with van der Waals surface area (Å²) in [5.74, 6) is 0.958. The molecule has 0 saturated carbocycles. The molecule has 13 heavy (non-hydrogen) atoms. The zero-order chi connectivity index (χ0) is 9.84. The van der Waals surface area contributed by atoms with E-state index in [1.54, 1.807) is 6.26 Å². The second kappa shape index (κ2) is 4.28. The summed E-state index contributed by atoms with van der Waals surface area (Å²) in [7, 11) is 1.96. The van der Waals surface area contributed by atoms with Crippen molar-refractivity contribution >= 4 is 6.08 Å². The summed E-state index contributed by atoms with van der Waals surface area (Å²) in [5, 5.41) is 3.19. The lowest BCUT2D eigenvalue weighted by atomic mass is 10.1. The molecule has 1 unspecified atom stereocenters. The molecule has 0 aromatic carbocycles. The zero-order valence-corrected chi connectivity index (χ0v) is 8.72. The maximum Gasteiger partial charge on any atom is 0.129 e. The minimum absolute atomic E-state index is 0.393. The molecule has 1 N–H and O–H groups in total. The van der Waals surface area contributed by atoms with Gasteiger partial charge in [-0.3, -0.25) is 0 Å². The molecule has 0 bridgehead atoms. The maximum atomic E-state index is 5.33. The Balaban J connectivity index is 2.82. The lowest BCUT2D eigenvalue weighted by Crippen LogP contribution is -2.21. The molecule has 2 nitrogen and oxygen atoms in total. The summed E-state index contributed by atoms with van der Waals surface area (Å²) in [5.41, 5.74) is 2.46. The van der Waals surface area contributed by atoms with E-state index in [0.29, 0.717) is 6.04 Å². The van der Waals surface area contributed by atoms with E-state index in [1.165, 1.54) is 11.1 Å².